The Morgan fingerprint density at radius 1 is 1.55 bits per heavy atom. The van der Waals surface area contributed by atoms with Crippen LogP contribution in [0, 0.1) is 6.92 Å². The molecule has 1 fully saturated rings. The number of aryl methyl sites for hydroxylation is 1. The number of amides is 2. The van der Waals surface area contributed by atoms with Gasteiger partial charge in [0.1, 0.15) is 5.75 Å². The lowest BCUT2D eigenvalue weighted by molar-refractivity contribution is 0.0894. The van der Waals surface area contributed by atoms with Gasteiger partial charge in [-0.25, -0.2) is 4.79 Å². The first kappa shape index (κ1) is 14.7. The summed E-state index contributed by atoms with van der Waals surface area (Å²) in [5.41, 5.74) is 1.76. The number of hydrogen-bond donors (Lipinski definition) is 1. The lowest BCUT2D eigenvalue weighted by Gasteiger charge is -2.21. The molecule has 110 valence electrons. The van der Waals surface area contributed by atoms with Crippen molar-refractivity contribution in [1.29, 1.82) is 0 Å². The zero-order chi connectivity index (χ0) is 14.5. The average molecular weight is 278 g/mol. The van der Waals surface area contributed by atoms with E-state index in [1.807, 2.05) is 25.1 Å². The van der Waals surface area contributed by atoms with E-state index in [1.54, 1.807) is 19.1 Å². The minimum absolute atomic E-state index is 0.120. The van der Waals surface area contributed by atoms with E-state index in [2.05, 4.69) is 5.32 Å². The van der Waals surface area contributed by atoms with Crippen molar-refractivity contribution in [3.05, 3.63) is 23.8 Å². The molecule has 0 spiro atoms. The van der Waals surface area contributed by atoms with E-state index in [1.165, 1.54) is 0 Å². The zero-order valence-corrected chi connectivity index (χ0v) is 12.3. The number of carbonyl (C=O) groups is 1. The van der Waals surface area contributed by atoms with Gasteiger partial charge in [-0.1, -0.05) is 0 Å². The predicted octanol–water partition coefficient (Wildman–Crippen LogP) is 2.65. The summed E-state index contributed by atoms with van der Waals surface area (Å²) in [6.07, 6.45) is 2.28. The second-order valence-electron chi connectivity index (χ2n) is 5.13. The topological polar surface area (TPSA) is 50.8 Å². The molecule has 0 radical (unpaired) electrons. The van der Waals surface area contributed by atoms with Crippen LogP contribution in [0.5, 0.6) is 5.75 Å². The standard InChI is InChI=1S/C15H22N2O3/c1-11-9-12(6-7-14(11)19-3)16-15(18)17(2)10-13-5-4-8-20-13/h6-7,9,13H,4-5,8,10H2,1-3H3,(H,16,18). The average Bonchev–Trinajstić information content (AvgIpc) is 2.91. The van der Waals surface area contributed by atoms with E-state index in [4.69, 9.17) is 9.47 Å². The van der Waals surface area contributed by atoms with Gasteiger partial charge in [-0.3, -0.25) is 0 Å². The molecule has 20 heavy (non-hydrogen) atoms. The summed E-state index contributed by atoms with van der Waals surface area (Å²) in [6.45, 7) is 3.38. The number of benzene rings is 1. The van der Waals surface area contributed by atoms with Gasteiger partial charge < -0.3 is 19.7 Å². The number of anilines is 1. The fourth-order valence-corrected chi connectivity index (χ4v) is 2.35. The highest BCUT2D eigenvalue weighted by Crippen LogP contribution is 2.21. The molecule has 0 aliphatic carbocycles. The number of hydrogen-bond acceptors (Lipinski definition) is 3. The van der Waals surface area contributed by atoms with Crippen LogP contribution < -0.4 is 10.1 Å². The number of likely N-dealkylation sites (N-methyl/N-ethyl adjacent to an activating group) is 1. The molecule has 1 saturated heterocycles. The van der Waals surface area contributed by atoms with Crippen LogP contribution in [0.4, 0.5) is 10.5 Å². The molecule has 2 rings (SSSR count). The summed E-state index contributed by atoms with van der Waals surface area (Å²) in [7, 11) is 3.42. The Morgan fingerprint density at radius 3 is 2.95 bits per heavy atom. The van der Waals surface area contributed by atoms with Crippen molar-refractivity contribution in [2.75, 3.05) is 32.6 Å². The lowest BCUT2D eigenvalue weighted by Crippen LogP contribution is -2.37. The van der Waals surface area contributed by atoms with E-state index >= 15 is 0 Å². The van der Waals surface area contributed by atoms with Crippen LogP contribution in [0.1, 0.15) is 18.4 Å². The Bertz CT molecular complexity index is 470. The second-order valence-corrected chi connectivity index (χ2v) is 5.13. The van der Waals surface area contributed by atoms with Crippen LogP contribution in [0.15, 0.2) is 18.2 Å². The minimum Gasteiger partial charge on any atom is -0.496 e. The molecular weight excluding hydrogens is 256 g/mol. The van der Waals surface area contributed by atoms with Gasteiger partial charge in [-0.2, -0.15) is 0 Å². The van der Waals surface area contributed by atoms with E-state index < -0.39 is 0 Å². The Hall–Kier alpha value is -1.75. The van der Waals surface area contributed by atoms with Gasteiger partial charge in [0, 0.05) is 25.9 Å². The van der Waals surface area contributed by atoms with Crippen molar-refractivity contribution in [2.45, 2.75) is 25.9 Å². The number of ether oxygens (including phenoxy) is 2. The van der Waals surface area contributed by atoms with E-state index in [-0.39, 0.29) is 12.1 Å². The van der Waals surface area contributed by atoms with Crippen molar-refractivity contribution in [1.82, 2.24) is 4.90 Å². The first-order valence-corrected chi connectivity index (χ1v) is 6.88. The van der Waals surface area contributed by atoms with Crippen LogP contribution in [-0.4, -0.2) is 44.3 Å². The quantitative estimate of drug-likeness (QED) is 0.921. The summed E-state index contributed by atoms with van der Waals surface area (Å²) >= 11 is 0. The molecule has 1 aromatic rings. The number of nitrogens with zero attached hydrogens (tertiary/aromatic N) is 1. The van der Waals surface area contributed by atoms with Crippen LogP contribution in [0.25, 0.3) is 0 Å². The molecule has 0 aromatic heterocycles. The molecule has 1 aliphatic heterocycles. The largest absolute Gasteiger partial charge is 0.496 e. The van der Waals surface area contributed by atoms with Crippen molar-refractivity contribution in [3.63, 3.8) is 0 Å². The Balaban J connectivity index is 1.91. The van der Waals surface area contributed by atoms with Crippen LogP contribution in [0.3, 0.4) is 0 Å². The van der Waals surface area contributed by atoms with Crippen LogP contribution >= 0.6 is 0 Å². The molecule has 5 nitrogen and oxygen atoms in total. The van der Waals surface area contributed by atoms with Crippen molar-refractivity contribution in [2.24, 2.45) is 0 Å². The zero-order valence-electron chi connectivity index (χ0n) is 12.3. The Kier molecular flexibility index (Phi) is 4.84. The highest BCUT2D eigenvalue weighted by atomic mass is 16.5. The predicted molar refractivity (Wildman–Crippen MR) is 78.4 cm³/mol. The third-order valence-corrected chi connectivity index (χ3v) is 3.49. The highest BCUT2D eigenvalue weighted by Gasteiger charge is 2.20. The number of urea groups is 1. The molecule has 5 heteroatoms. The third-order valence-electron chi connectivity index (χ3n) is 3.49. The van der Waals surface area contributed by atoms with E-state index in [0.717, 1.165) is 36.4 Å². The van der Waals surface area contributed by atoms with Crippen LogP contribution in [-0.2, 0) is 4.74 Å². The first-order chi connectivity index (χ1) is 9.60. The fourth-order valence-electron chi connectivity index (χ4n) is 2.35. The summed E-state index contributed by atoms with van der Waals surface area (Å²) in [6, 6.07) is 5.47. The van der Waals surface area contributed by atoms with Gasteiger partial charge in [0.25, 0.3) is 0 Å². The molecule has 1 atom stereocenters. The third kappa shape index (κ3) is 3.63. The SMILES string of the molecule is COc1ccc(NC(=O)N(C)CC2CCCO2)cc1C. The summed E-state index contributed by atoms with van der Waals surface area (Å²) in [5, 5.41) is 2.88. The monoisotopic (exact) mass is 278 g/mol. The van der Waals surface area contributed by atoms with Gasteiger partial charge in [0.15, 0.2) is 0 Å². The lowest BCUT2D eigenvalue weighted by atomic mass is 10.2. The van der Waals surface area contributed by atoms with Gasteiger partial charge >= 0.3 is 6.03 Å². The number of methoxy groups -OCH3 is 1. The van der Waals surface area contributed by atoms with Gasteiger partial charge in [-0.15, -0.1) is 0 Å². The highest BCUT2D eigenvalue weighted by molar-refractivity contribution is 5.89. The molecule has 1 aliphatic rings. The second kappa shape index (κ2) is 6.61. The molecule has 0 bridgehead atoms. The fraction of sp³-hybridized carbons (Fsp3) is 0.533. The maximum absolute atomic E-state index is 12.1. The number of carbonyl (C=O) groups excluding carboxylic acids is 1. The normalized spacial score (nSPS) is 17.9. The Morgan fingerprint density at radius 2 is 2.35 bits per heavy atom. The van der Waals surface area contributed by atoms with Crippen molar-refractivity contribution in [3.8, 4) is 5.75 Å². The first-order valence-electron chi connectivity index (χ1n) is 6.88. The molecule has 0 saturated carbocycles. The summed E-state index contributed by atoms with van der Waals surface area (Å²) in [5.74, 6) is 0.815. The molecule has 1 heterocycles. The Labute approximate surface area is 119 Å². The van der Waals surface area contributed by atoms with Crippen LogP contribution in [0.2, 0.25) is 0 Å². The summed E-state index contributed by atoms with van der Waals surface area (Å²) in [4.78, 5) is 13.8. The molecule has 1 N–H and O–H groups in total. The summed E-state index contributed by atoms with van der Waals surface area (Å²) < 4.78 is 10.7. The minimum atomic E-state index is -0.120. The number of nitrogens with one attached hydrogen (secondary N) is 1. The maximum atomic E-state index is 12.1. The molecule has 1 aromatic carbocycles. The molecule has 2 amide bonds. The van der Waals surface area contributed by atoms with Gasteiger partial charge in [-0.05, 0) is 43.5 Å². The maximum Gasteiger partial charge on any atom is 0.321 e. The molecular formula is C15H22N2O3. The van der Waals surface area contributed by atoms with Gasteiger partial charge in [0.05, 0.1) is 13.2 Å². The van der Waals surface area contributed by atoms with Crippen molar-refractivity contribution >= 4 is 11.7 Å². The van der Waals surface area contributed by atoms with E-state index in [0.29, 0.717) is 6.54 Å². The van der Waals surface area contributed by atoms with Crippen molar-refractivity contribution < 1.29 is 14.3 Å². The number of rotatable bonds is 4. The van der Waals surface area contributed by atoms with Gasteiger partial charge in [0.2, 0.25) is 0 Å². The molecule has 1 unspecified atom stereocenters. The van der Waals surface area contributed by atoms with E-state index in [9.17, 15) is 4.79 Å². The smallest absolute Gasteiger partial charge is 0.321 e.